The molecule has 0 heterocycles. The number of carbonyl (C=O) groups is 1. The molecule has 0 radical (unpaired) electrons. The Labute approximate surface area is 147 Å². The zero-order chi connectivity index (χ0) is 17.6. The summed E-state index contributed by atoms with van der Waals surface area (Å²) in [7, 11) is 0. The zero-order valence-corrected chi connectivity index (χ0v) is 14.2. The lowest BCUT2D eigenvalue weighted by Crippen LogP contribution is -2.48. The van der Waals surface area contributed by atoms with Crippen LogP contribution in [0.3, 0.4) is 0 Å². The summed E-state index contributed by atoms with van der Waals surface area (Å²) in [6.07, 6.45) is 2.86. The Kier molecular flexibility index (Phi) is 5.82. The molecule has 1 aliphatic carbocycles. The predicted molar refractivity (Wildman–Crippen MR) is 95.5 cm³/mol. The first-order valence-corrected chi connectivity index (χ1v) is 8.86. The molecule has 0 aromatic heterocycles. The Balaban J connectivity index is 1.56. The average molecular weight is 341 g/mol. The summed E-state index contributed by atoms with van der Waals surface area (Å²) in [5.41, 5.74) is 2.01. The standard InChI is InChI=1S/C21H24FNO2/c22-18-8-4-7-16(11-18)9-10-21(25)23-20(17-13-19(24)14-17)12-15-5-2-1-3-6-15/h1-8,11,17,19-20,24H,9-10,12-14H2,(H,23,25). The fourth-order valence-corrected chi connectivity index (χ4v) is 3.39. The molecule has 3 nitrogen and oxygen atoms in total. The van der Waals surface area contributed by atoms with Crippen molar-refractivity contribution in [2.75, 3.05) is 0 Å². The fraction of sp³-hybridized carbons (Fsp3) is 0.381. The monoisotopic (exact) mass is 341 g/mol. The number of carbonyl (C=O) groups excluding carboxylic acids is 1. The highest BCUT2D eigenvalue weighted by Crippen LogP contribution is 2.31. The van der Waals surface area contributed by atoms with Gasteiger partial charge in [0.25, 0.3) is 0 Å². The molecule has 1 unspecified atom stereocenters. The lowest BCUT2D eigenvalue weighted by Gasteiger charge is -2.38. The molecule has 0 saturated heterocycles. The Morgan fingerprint density at radius 1 is 1.12 bits per heavy atom. The van der Waals surface area contributed by atoms with Crippen LogP contribution in [0.4, 0.5) is 4.39 Å². The van der Waals surface area contributed by atoms with Crippen molar-refractivity contribution < 1.29 is 14.3 Å². The molecule has 1 atom stereocenters. The highest BCUT2D eigenvalue weighted by molar-refractivity contribution is 5.76. The Hall–Kier alpha value is -2.20. The molecule has 132 valence electrons. The van der Waals surface area contributed by atoms with Gasteiger partial charge < -0.3 is 10.4 Å². The van der Waals surface area contributed by atoms with Gasteiger partial charge in [0, 0.05) is 12.5 Å². The number of aliphatic hydroxyl groups is 1. The molecule has 25 heavy (non-hydrogen) atoms. The maximum atomic E-state index is 13.2. The van der Waals surface area contributed by atoms with Gasteiger partial charge in [0.2, 0.25) is 5.91 Å². The minimum Gasteiger partial charge on any atom is -0.393 e. The van der Waals surface area contributed by atoms with Gasteiger partial charge in [-0.1, -0.05) is 42.5 Å². The molecule has 1 aliphatic rings. The molecule has 1 fully saturated rings. The third-order valence-corrected chi connectivity index (χ3v) is 4.89. The molecule has 0 aliphatic heterocycles. The van der Waals surface area contributed by atoms with E-state index in [4.69, 9.17) is 0 Å². The largest absolute Gasteiger partial charge is 0.393 e. The summed E-state index contributed by atoms with van der Waals surface area (Å²) >= 11 is 0. The highest BCUT2D eigenvalue weighted by Gasteiger charge is 2.34. The second kappa shape index (κ2) is 8.26. The zero-order valence-electron chi connectivity index (χ0n) is 14.2. The number of rotatable bonds is 7. The first kappa shape index (κ1) is 17.6. The van der Waals surface area contributed by atoms with E-state index in [2.05, 4.69) is 17.4 Å². The normalized spacial score (nSPS) is 20.6. The number of halogens is 1. The van der Waals surface area contributed by atoms with Crippen LogP contribution in [0.25, 0.3) is 0 Å². The highest BCUT2D eigenvalue weighted by atomic mass is 19.1. The molecule has 2 aromatic rings. The van der Waals surface area contributed by atoms with Crippen LogP contribution >= 0.6 is 0 Å². The van der Waals surface area contributed by atoms with E-state index >= 15 is 0 Å². The maximum absolute atomic E-state index is 13.2. The van der Waals surface area contributed by atoms with Crippen molar-refractivity contribution in [2.24, 2.45) is 5.92 Å². The van der Waals surface area contributed by atoms with Gasteiger partial charge in [-0.05, 0) is 54.9 Å². The van der Waals surface area contributed by atoms with Crippen LogP contribution in [-0.4, -0.2) is 23.2 Å². The van der Waals surface area contributed by atoms with Gasteiger partial charge in [-0.2, -0.15) is 0 Å². The van der Waals surface area contributed by atoms with Gasteiger partial charge >= 0.3 is 0 Å². The van der Waals surface area contributed by atoms with Crippen LogP contribution in [0, 0.1) is 11.7 Å². The van der Waals surface area contributed by atoms with Crippen molar-refractivity contribution in [3.05, 3.63) is 71.5 Å². The minimum absolute atomic E-state index is 0.0217. The van der Waals surface area contributed by atoms with E-state index in [1.807, 2.05) is 24.3 Å². The van der Waals surface area contributed by atoms with Crippen LogP contribution in [0.15, 0.2) is 54.6 Å². The second-order valence-corrected chi connectivity index (χ2v) is 6.88. The van der Waals surface area contributed by atoms with Gasteiger partial charge in [-0.15, -0.1) is 0 Å². The molecule has 0 spiro atoms. The fourth-order valence-electron chi connectivity index (χ4n) is 3.39. The number of aryl methyl sites for hydroxylation is 1. The van der Waals surface area contributed by atoms with Crippen LogP contribution in [0.1, 0.15) is 30.4 Å². The summed E-state index contributed by atoms with van der Waals surface area (Å²) < 4.78 is 13.2. The molecular formula is C21H24FNO2. The second-order valence-electron chi connectivity index (χ2n) is 6.88. The summed E-state index contributed by atoms with van der Waals surface area (Å²) in [6.45, 7) is 0. The van der Waals surface area contributed by atoms with Crippen molar-refractivity contribution in [2.45, 2.75) is 44.2 Å². The Bertz CT molecular complexity index is 698. The van der Waals surface area contributed by atoms with Crippen molar-refractivity contribution in [3.8, 4) is 0 Å². The topological polar surface area (TPSA) is 49.3 Å². The lowest BCUT2D eigenvalue weighted by molar-refractivity contribution is -0.122. The molecule has 2 N–H and O–H groups in total. The predicted octanol–water partition coefficient (Wildman–Crippen LogP) is 3.26. The first-order chi connectivity index (χ1) is 12.1. The smallest absolute Gasteiger partial charge is 0.220 e. The molecule has 0 bridgehead atoms. The number of nitrogens with one attached hydrogen (secondary N) is 1. The van der Waals surface area contributed by atoms with Crippen LogP contribution < -0.4 is 5.32 Å². The van der Waals surface area contributed by atoms with Crippen molar-refractivity contribution >= 4 is 5.91 Å². The molecular weight excluding hydrogens is 317 g/mol. The van der Waals surface area contributed by atoms with Gasteiger partial charge in [-0.25, -0.2) is 4.39 Å². The van der Waals surface area contributed by atoms with E-state index in [-0.39, 0.29) is 23.9 Å². The molecule has 2 aromatic carbocycles. The van der Waals surface area contributed by atoms with Crippen LogP contribution in [0.2, 0.25) is 0 Å². The molecule has 1 amide bonds. The van der Waals surface area contributed by atoms with Crippen LogP contribution in [0.5, 0.6) is 0 Å². The average Bonchev–Trinajstić information content (AvgIpc) is 2.58. The minimum atomic E-state index is -0.275. The third kappa shape index (κ3) is 5.13. The summed E-state index contributed by atoms with van der Waals surface area (Å²) in [4.78, 5) is 12.4. The number of hydrogen-bond acceptors (Lipinski definition) is 2. The first-order valence-electron chi connectivity index (χ1n) is 8.86. The number of aliphatic hydroxyl groups excluding tert-OH is 1. The van der Waals surface area contributed by atoms with Crippen LogP contribution in [-0.2, 0) is 17.6 Å². The Morgan fingerprint density at radius 3 is 2.52 bits per heavy atom. The summed E-state index contributed by atoms with van der Waals surface area (Å²) in [5, 5.41) is 12.7. The van der Waals surface area contributed by atoms with E-state index < -0.39 is 0 Å². The Morgan fingerprint density at radius 2 is 1.84 bits per heavy atom. The van der Waals surface area contributed by atoms with E-state index in [9.17, 15) is 14.3 Å². The van der Waals surface area contributed by atoms with Gasteiger partial charge in [0.05, 0.1) is 6.10 Å². The number of amides is 1. The van der Waals surface area contributed by atoms with Gasteiger partial charge in [0.1, 0.15) is 5.82 Å². The number of benzene rings is 2. The molecule has 4 heteroatoms. The van der Waals surface area contributed by atoms with Gasteiger partial charge in [0.15, 0.2) is 0 Å². The van der Waals surface area contributed by atoms with Gasteiger partial charge in [-0.3, -0.25) is 4.79 Å². The summed E-state index contributed by atoms with van der Waals surface area (Å²) in [5.74, 6) is 0.0169. The number of hydrogen-bond donors (Lipinski definition) is 2. The quantitative estimate of drug-likeness (QED) is 0.812. The van der Waals surface area contributed by atoms with E-state index in [1.54, 1.807) is 6.07 Å². The van der Waals surface area contributed by atoms with E-state index in [0.717, 1.165) is 24.8 Å². The van der Waals surface area contributed by atoms with E-state index in [1.165, 1.54) is 17.7 Å². The molecule has 3 rings (SSSR count). The lowest BCUT2D eigenvalue weighted by atomic mass is 9.75. The maximum Gasteiger partial charge on any atom is 0.220 e. The van der Waals surface area contributed by atoms with Crippen molar-refractivity contribution in [1.82, 2.24) is 5.32 Å². The summed E-state index contributed by atoms with van der Waals surface area (Å²) in [6, 6.07) is 16.5. The van der Waals surface area contributed by atoms with E-state index in [0.29, 0.717) is 18.8 Å². The third-order valence-electron chi connectivity index (χ3n) is 4.89. The molecule has 1 saturated carbocycles. The van der Waals surface area contributed by atoms with Crippen molar-refractivity contribution in [3.63, 3.8) is 0 Å². The SMILES string of the molecule is O=C(CCc1cccc(F)c1)NC(Cc1ccccc1)C1CC(O)C1. The van der Waals surface area contributed by atoms with Crippen molar-refractivity contribution in [1.29, 1.82) is 0 Å².